The van der Waals surface area contributed by atoms with E-state index in [1.54, 1.807) is 49.4 Å². The van der Waals surface area contributed by atoms with Gasteiger partial charge in [-0.3, -0.25) is 14.8 Å². The molecule has 0 saturated heterocycles. The van der Waals surface area contributed by atoms with Crippen LogP contribution in [0.3, 0.4) is 0 Å². The van der Waals surface area contributed by atoms with Gasteiger partial charge in [0.15, 0.2) is 9.84 Å². The van der Waals surface area contributed by atoms with Crippen molar-refractivity contribution in [2.24, 2.45) is 20.5 Å². The number of sulfone groups is 1. The maximum atomic E-state index is 12.4. The molecule has 0 aliphatic carbocycles. The van der Waals surface area contributed by atoms with Crippen molar-refractivity contribution in [3.05, 3.63) is 123 Å². The molecule has 6 rings (SSSR count). The van der Waals surface area contributed by atoms with Crippen LogP contribution in [-0.4, -0.2) is 58.9 Å². The second kappa shape index (κ2) is 18.9. The number of phenolic OH excluding ortho intramolecular Hbond substituents is 3. The Morgan fingerprint density at radius 1 is 0.842 bits per heavy atom. The molecule has 1 heterocycles. The molecule has 290 valence electrons. The second-order valence-corrected chi connectivity index (χ2v) is 15.6. The fourth-order valence-electron chi connectivity index (χ4n) is 4.95. The van der Waals surface area contributed by atoms with Crippen LogP contribution >= 0.6 is 0 Å². The Kier molecular flexibility index (Phi) is 15.1. The van der Waals surface area contributed by atoms with E-state index < -0.39 is 30.3 Å². The Morgan fingerprint density at radius 2 is 1.47 bits per heavy atom. The van der Waals surface area contributed by atoms with Gasteiger partial charge in [0, 0.05) is 34.9 Å². The SMILES string of the molecule is CCS(=O)(=O)c1ccc(O)c(N=Nc2c(O)ccc3cccc(NS(C)(=O)=O)c23)c1.Cc1nn(-c2ccccc2)c(=O)[c-]1N=Nc1cc([N+](=O)[O-])ccc1O.[Cr].[Li+]. The van der Waals surface area contributed by atoms with Gasteiger partial charge in [0.25, 0.3) is 5.69 Å². The number of non-ortho nitro benzene ring substituents is 1. The molecule has 6 aromatic rings. The normalized spacial score (nSPS) is 11.4. The van der Waals surface area contributed by atoms with Gasteiger partial charge >= 0.3 is 18.9 Å². The van der Waals surface area contributed by atoms with Crippen LogP contribution in [0.25, 0.3) is 16.5 Å². The predicted octanol–water partition coefficient (Wildman–Crippen LogP) is 4.12. The van der Waals surface area contributed by atoms with Gasteiger partial charge in [-0.25, -0.2) is 26.6 Å². The monoisotopic (exact) mass is 846 g/mol. The van der Waals surface area contributed by atoms with Gasteiger partial charge < -0.3 is 25.2 Å². The van der Waals surface area contributed by atoms with E-state index in [4.69, 9.17) is 0 Å². The number of azo groups is 2. The number of nitrogens with one attached hydrogen (secondary N) is 1. The molecule has 0 aliphatic heterocycles. The summed E-state index contributed by atoms with van der Waals surface area (Å²) in [5, 5.41) is 61.4. The summed E-state index contributed by atoms with van der Waals surface area (Å²) in [5.41, 5.74) is 0.124. The number of aryl methyl sites for hydroxylation is 1. The molecule has 22 heteroatoms. The summed E-state index contributed by atoms with van der Waals surface area (Å²) in [6, 6.07) is 23.6. The number of hydrogen-bond donors (Lipinski definition) is 4. The number of anilines is 1. The number of hydrogen-bond acceptors (Lipinski definition) is 15. The molecule has 0 fully saturated rings. The smallest absolute Gasteiger partial charge is 0.506 e. The number of nitrogens with zero attached hydrogens (tertiary/aromatic N) is 7. The number of fused-ring (bicyclic) bond motifs is 1. The molecule has 0 radical (unpaired) electrons. The van der Waals surface area contributed by atoms with E-state index in [-0.39, 0.29) is 98.2 Å². The summed E-state index contributed by atoms with van der Waals surface area (Å²) in [7, 11) is -7.14. The summed E-state index contributed by atoms with van der Waals surface area (Å²) < 4.78 is 51.1. The third kappa shape index (κ3) is 11.0. The summed E-state index contributed by atoms with van der Waals surface area (Å²) in [6.07, 6.45) is 0.994. The molecule has 0 unspecified atom stereocenters. The second-order valence-electron chi connectivity index (χ2n) is 11.6. The van der Waals surface area contributed by atoms with Crippen LogP contribution in [0.5, 0.6) is 17.2 Å². The molecule has 1 aromatic heterocycles. The molecule has 0 saturated carbocycles. The number of benzene rings is 5. The maximum Gasteiger partial charge on any atom is 1.00 e. The van der Waals surface area contributed by atoms with Crippen LogP contribution in [0.4, 0.5) is 34.1 Å². The Hall–Kier alpha value is -5.80. The molecule has 4 N–H and O–H groups in total. The predicted molar refractivity (Wildman–Crippen MR) is 203 cm³/mol. The molecule has 57 heavy (non-hydrogen) atoms. The number of para-hydroxylation sites is 1. The average molecular weight is 847 g/mol. The summed E-state index contributed by atoms with van der Waals surface area (Å²) >= 11 is 0. The molecule has 18 nitrogen and oxygen atoms in total. The fourth-order valence-corrected chi connectivity index (χ4v) is 6.42. The minimum atomic E-state index is -3.61. The van der Waals surface area contributed by atoms with Crippen molar-refractivity contribution in [2.45, 2.75) is 18.7 Å². The average Bonchev–Trinajstić information content (AvgIpc) is 3.43. The van der Waals surface area contributed by atoms with Crippen molar-refractivity contribution in [1.29, 1.82) is 0 Å². The van der Waals surface area contributed by atoms with Gasteiger partial charge in [-0.1, -0.05) is 55.9 Å². The van der Waals surface area contributed by atoms with Crippen molar-refractivity contribution in [3.8, 4) is 22.9 Å². The van der Waals surface area contributed by atoms with Gasteiger partial charge in [0.1, 0.15) is 39.9 Å². The molecule has 0 bridgehead atoms. The number of nitro benzene ring substituents is 1. The largest absolute Gasteiger partial charge is 1.00 e. The maximum absolute atomic E-state index is 12.4. The summed E-state index contributed by atoms with van der Waals surface area (Å²) in [4.78, 5) is 22.6. The molecular formula is C35H31CrLiN8O10S2. The minimum Gasteiger partial charge on any atom is -0.506 e. The first-order chi connectivity index (χ1) is 26.0. The first kappa shape index (κ1) is 45.6. The Balaban J connectivity index is 0.000000299. The number of phenols is 3. The van der Waals surface area contributed by atoms with Crippen molar-refractivity contribution < 1.29 is 73.3 Å². The number of aromatic nitrogens is 2. The van der Waals surface area contributed by atoms with Crippen molar-refractivity contribution in [3.63, 3.8) is 0 Å². The standard InChI is InChI=1S/C19H19N3O6S2.C16H12N5O4.Cr.Li/c1-3-30(27,28)13-8-10-16(23)15(11-13)20-21-19-17(24)9-7-12-5-4-6-14(18(12)19)22-29(2,25)26;1-10-15(16(23)20(19-10)11-5-3-2-4-6-11)18-17-13-9-12(21(24)25)7-8-14(13)22;;/h4-11,22-24H,3H2,1-2H3;2-9,22H,1H3;;/q;-1;;+1. The van der Waals surface area contributed by atoms with Crippen LogP contribution in [-0.2, 0) is 37.2 Å². The van der Waals surface area contributed by atoms with Gasteiger partial charge in [-0.05, 0) is 53.9 Å². The van der Waals surface area contributed by atoms with E-state index in [0.29, 0.717) is 22.2 Å². The van der Waals surface area contributed by atoms with Crippen LogP contribution in [0.2, 0.25) is 0 Å². The van der Waals surface area contributed by atoms with Crippen LogP contribution in [0.1, 0.15) is 12.6 Å². The van der Waals surface area contributed by atoms with Crippen molar-refractivity contribution in [2.75, 3.05) is 16.7 Å². The van der Waals surface area contributed by atoms with E-state index in [9.17, 15) is 47.1 Å². The summed E-state index contributed by atoms with van der Waals surface area (Å²) in [6.45, 7) is 3.09. The molecule has 0 atom stereocenters. The fraction of sp³-hybridized carbons (Fsp3) is 0.114. The molecule has 0 aliphatic rings. The first-order valence-electron chi connectivity index (χ1n) is 15.9. The first-order valence-corrected chi connectivity index (χ1v) is 19.4. The zero-order valence-electron chi connectivity index (χ0n) is 30.5. The number of rotatable bonds is 10. The summed E-state index contributed by atoms with van der Waals surface area (Å²) in [5.74, 6) is -0.984. The van der Waals surface area contributed by atoms with Gasteiger partial charge in [-0.2, -0.15) is 5.11 Å². The van der Waals surface area contributed by atoms with E-state index in [1.165, 1.54) is 41.9 Å². The van der Waals surface area contributed by atoms with Crippen LogP contribution in [0, 0.1) is 17.0 Å². The van der Waals surface area contributed by atoms with E-state index >= 15 is 0 Å². The van der Waals surface area contributed by atoms with Gasteiger partial charge in [-0.15, -0.1) is 15.9 Å². The molecular weight excluding hydrogens is 816 g/mol. The number of sulfonamides is 1. The van der Waals surface area contributed by atoms with Crippen LogP contribution in [0.15, 0.2) is 127 Å². The van der Waals surface area contributed by atoms with Crippen LogP contribution < -0.4 is 29.1 Å². The molecule has 0 amide bonds. The van der Waals surface area contributed by atoms with Crippen molar-refractivity contribution in [1.82, 2.24) is 9.78 Å². The third-order valence-corrected chi connectivity index (χ3v) is 9.97. The van der Waals surface area contributed by atoms with Gasteiger partial charge in [0.2, 0.25) is 10.0 Å². The number of aromatic hydroxyl groups is 3. The Morgan fingerprint density at radius 3 is 2.11 bits per heavy atom. The third-order valence-electron chi connectivity index (χ3n) is 7.65. The number of nitro groups is 1. The minimum absolute atomic E-state index is 0. The topological polar surface area (TPSA) is 268 Å². The molecule has 5 aromatic carbocycles. The van der Waals surface area contributed by atoms with Crippen molar-refractivity contribution >= 4 is 64.8 Å². The van der Waals surface area contributed by atoms with Gasteiger partial charge in [0.05, 0.1) is 33.2 Å². The Labute approximate surface area is 348 Å². The molecule has 0 spiro atoms. The Bertz CT molecular complexity index is 2780. The van der Waals surface area contributed by atoms with E-state index in [1.807, 2.05) is 6.07 Å². The quantitative estimate of drug-likeness (QED) is 0.0501. The van der Waals surface area contributed by atoms with E-state index in [0.717, 1.165) is 24.5 Å². The zero-order chi connectivity index (χ0) is 40.1. The van der Waals surface area contributed by atoms with E-state index in [2.05, 4.69) is 30.3 Å². The zero-order valence-corrected chi connectivity index (χ0v) is 33.4.